The lowest BCUT2D eigenvalue weighted by Gasteiger charge is -2.35. The Morgan fingerprint density at radius 3 is 2.81 bits per heavy atom. The number of aromatic amines is 1. The topological polar surface area (TPSA) is 98.3 Å². The van der Waals surface area contributed by atoms with Crippen LogP contribution in [-0.4, -0.2) is 50.6 Å². The number of amides is 2. The van der Waals surface area contributed by atoms with Crippen LogP contribution in [0.5, 0.6) is 0 Å². The number of likely N-dealkylation sites (tertiary alicyclic amines) is 1. The lowest BCUT2D eigenvalue weighted by Crippen LogP contribution is -2.54. The maximum absolute atomic E-state index is 13.3. The van der Waals surface area contributed by atoms with Gasteiger partial charge in [0.2, 0.25) is 5.91 Å². The number of halogens is 2. The molecule has 1 aromatic carbocycles. The third-order valence-electron chi connectivity index (χ3n) is 5.43. The van der Waals surface area contributed by atoms with Crippen molar-refractivity contribution in [2.45, 2.75) is 38.0 Å². The SMILES string of the molecule is O=C(N[C@@H](Cc1ccc(F)cc1)C(=O)N1CCCCC1O)c1cc2cc(Cl)ncc2[nH]1. The average Bonchev–Trinajstić information content (AvgIpc) is 3.18. The molecule has 0 saturated carbocycles. The van der Waals surface area contributed by atoms with E-state index in [1.165, 1.54) is 23.2 Å². The van der Waals surface area contributed by atoms with Crippen LogP contribution in [0.1, 0.15) is 35.3 Å². The van der Waals surface area contributed by atoms with E-state index in [2.05, 4.69) is 15.3 Å². The minimum absolute atomic E-state index is 0.168. The second-order valence-electron chi connectivity index (χ2n) is 7.64. The van der Waals surface area contributed by atoms with E-state index in [-0.39, 0.29) is 23.8 Å². The molecule has 1 fully saturated rings. The number of aliphatic hydroxyl groups is 1. The first kappa shape index (κ1) is 21.3. The molecule has 7 nitrogen and oxygen atoms in total. The minimum atomic E-state index is -0.918. The van der Waals surface area contributed by atoms with Gasteiger partial charge in [0, 0.05) is 18.4 Å². The van der Waals surface area contributed by atoms with Crippen molar-refractivity contribution >= 4 is 34.3 Å². The second-order valence-corrected chi connectivity index (χ2v) is 8.03. The van der Waals surface area contributed by atoms with Crippen LogP contribution in [0.3, 0.4) is 0 Å². The molecule has 9 heteroatoms. The molecule has 2 atom stereocenters. The Hall–Kier alpha value is -2.97. The van der Waals surface area contributed by atoms with Gasteiger partial charge < -0.3 is 20.3 Å². The number of pyridine rings is 1. The standard InChI is InChI=1S/C22H22ClFN4O3/c23-19-11-14-10-16(26-18(14)12-25-19)21(30)27-17(9-13-4-6-15(24)7-5-13)22(31)28-8-2-1-3-20(28)29/h4-7,10-12,17,20,26,29H,1-3,8-9H2,(H,27,30)/t17-,20?/m0/s1. The van der Waals surface area contributed by atoms with Gasteiger partial charge in [0.1, 0.15) is 28.9 Å². The molecule has 3 heterocycles. The van der Waals surface area contributed by atoms with Gasteiger partial charge in [0.05, 0.1) is 11.7 Å². The molecular formula is C22H22ClFN4O3. The monoisotopic (exact) mass is 444 g/mol. The highest BCUT2D eigenvalue weighted by Gasteiger charge is 2.32. The Morgan fingerprint density at radius 1 is 1.29 bits per heavy atom. The number of benzene rings is 1. The average molecular weight is 445 g/mol. The summed E-state index contributed by atoms with van der Waals surface area (Å²) in [6.45, 7) is 0.423. The third-order valence-corrected chi connectivity index (χ3v) is 5.63. The molecule has 1 aliphatic heterocycles. The van der Waals surface area contributed by atoms with Gasteiger partial charge in [-0.3, -0.25) is 9.59 Å². The van der Waals surface area contributed by atoms with Crippen LogP contribution in [0.4, 0.5) is 4.39 Å². The van der Waals surface area contributed by atoms with Crippen LogP contribution in [0.2, 0.25) is 5.15 Å². The number of hydrogen-bond acceptors (Lipinski definition) is 4. The van der Waals surface area contributed by atoms with Crippen molar-refractivity contribution in [1.82, 2.24) is 20.2 Å². The summed E-state index contributed by atoms with van der Waals surface area (Å²) in [4.78, 5) is 34.5. The molecule has 1 saturated heterocycles. The zero-order valence-corrected chi connectivity index (χ0v) is 17.4. The van der Waals surface area contributed by atoms with Gasteiger partial charge >= 0.3 is 0 Å². The van der Waals surface area contributed by atoms with Crippen molar-refractivity contribution in [2.75, 3.05) is 6.54 Å². The number of nitrogens with zero attached hydrogens (tertiary/aromatic N) is 2. The Bertz CT molecular complexity index is 1100. The maximum Gasteiger partial charge on any atom is 0.268 e. The second kappa shape index (κ2) is 9.03. The largest absolute Gasteiger partial charge is 0.374 e. The highest BCUT2D eigenvalue weighted by Crippen LogP contribution is 2.20. The number of fused-ring (bicyclic) bond motifs is 1. The van der Waals surface area contributed by atoms with Gasteiger partial charge in [0.15, 0.2) is 0 Å². The summed E-state index contributed by atoms with van der Waals surface area (Å²) < 4.78 is 13.3. The van der Waals surface area contributed by atoms with E-state index in [9.17, 15) is 19.1 Å². The Labute approximate surface area is 183 Å². The van der Waals surface area contributed by atoms with Crippen LogP contribution in [0.25, 0.3) is 10.9 Å². The summed E-state index contributed by atoms with van der Waals surface area (Å²) in [6.07, 6.45) is 2.94. The first-order chi connectivity index (χ1) is 14.9. The fraction of sp³-hybridized carbons (Fsp3) is 0.318. The van der Waals surface area contributed by atoms with Gasteiger partial charge in [-0.05, 0) is 49.1 Å². The number of rotatable bonds is 5. The van der Waals surface area contributed by atoms with Crippen molar-refractivity contribution in [2.24, 2.45) is 0 Å². The maximum atomic E-state index is 13.3. The van der Waals surface area contributed by atoms with Gasteiger partial charge in [-0.1, -0.05) is 23.7 Å². The molecule has 4 rings (SSSR count). The molecule has 0 aliphatic carbocycles. The number of nitrogens with one attached hydrogen (secondary N) is 2. The Kier molecular flexibility index (Phi) is 6.20. The van der Waals surface area contributed by atoms with Gasteiger partial charge in [-0.2, -0.15) is 0 Å². The van der Waals surface area contributed by atoms with E-state index < -0.39 is 18.2 Å². The summed E-state index contributed by atoms with van der Waals surface area (Å²) >= 11 is 5.91. The number of aliphatic hydroxyl groups excluding tert-OH is 1. The number of H-pyrrole nitrogens is 1. The van der Waals surface area contributed by atoms with Crippen LogP contribution in [0.15, 0.2) is 42.6 Å². The third kappa shape index (κ3) is 4.86. The predicted molar refractivity (Wildman–Crippen MR) is 114 cm³/mol. The molecule has 2 amide bonds. The molecule has 1 unspecified atom stereocenters. The summed E-state index contributed by atoms with van der Waals surface area (Å²) in [6, 6.07) is 8.11. The molecule has 3 aromatic rings. The smallest absolute Gasteiger partial charge is 0.268 e. The molecule has 0 radical (unpaired) electrons. The summed E-state index contributed by atoms with van der Waals surface area (Å²) in [5.41, 5.74) is 1.59. The number of carbonyl (C=O) groups is 2. The first-order valence-electron chi connectivity index (χ1n) is 10.1. The van der Waals surface area contributed by atoms with E-state index in [4.69, 9.17) is 11.6 Å². The van der Waals surface area contributed by atoms with E-state index in [1.807, 2.05) is 0 Å². The summed E-state index contributed by atoms with van der Waals surface area (Å²) in [7, 11) is 0. The van der Waals surface area contributed by atoms with E-state index in [1.54, 1.807) is 24.3 Å². The Balaban J connectivity index is 1.58. The molecule has 31 heavy (non-hydrogen) atoms. The number of aromatic nitrogens is 2. The first-order valence-corrected chi connectivity index (χ1v) is 10.5. The lowest BCUT2D eigenvalue weighted by atomic mass is 10.0. The highest BCUT2D eigenvalue weighted by molar-refractivity contribution is 6.30. The summed E-state index contributed by atoms with van der Waals surface area (Å²) in [5, 5.41) is 14.1. The lowest BCUT2D eigenvalue weighted by molar-refractivity contribution is -0.146. The highest BCUT2D eigenvalue weighted by atomic mass is 35.5. The van der Waals surface area contributed by atoms with E-state index >= 15 is 0 Å². The molecule has 0 spiro atoms. The predicted octanol–water partition coefficient (Wildman–Crippen LogP) is 3.03. The van der Waals surface area contributed by atoms with Crippen LogP contribution in [-0.2, 0) is 11.2 Å². The van der Waals surface area contributed by atoms with Gasteiger partial charge in [-0.25, -0.2) is 9.37 Å². The normalized spacial score (nSPS) is 17.5. The molecular weight excluding hydrogens is 423 g/mol. The fourth-order valence-corrected chi connectivity index (χ4v) is 3.96. The van der Waals surface area contributed by atoms with E-state index in [0.29, 0.717) is 29.2 Å². The van der Waals surface area contributed by atoms with Crippen LogP contribution >= 0.6 is 11.6 Å². The zero-order valence-electron chi connectivity index (χ0n) is 16.6. The van der Waals surface area contributed by atoms with E-state index in [0.717, 1.165) is 18.2 Å². The molecule has 162 valence electrons. The number of piperidine rings is 1. The molecule has 1 aliphatic rings. The zero-order chi connectivity index (χ0) is 22.0. The summed E-state index contributed by atoms with van der Waals surface area (Å²) in [5.74, 6) is -1.22. The number of carbonyl (C=O) groups excluding carboxylic acids is 2. The van der Waals surface area contributed by atoms with Crippen molar-refractivity contribution < 1.29 is 19.1 Å². The van der Waals surface area contributed by atoms with Crippen molar-refractivity contribution in [3.8, 4) is 0 Å². The number of hydrogen-bond donors (Lipinski definition) is 3. The van der Waals surface area contributed by atoms with Crippen molar-refractivity contribution in [1.29, 1.82) is 0 Å². The molecule has 2 aromatic heterocycles. The quantitative estimate of drug-likeness (QED) is 0.527. The molecule has 3 N–H and O–H groups in total. The fourth-order valence-electron chi connectivity index (χ4n) is 3.79. The minimum Gasteiger partial charge on any atom is -0.374 e. The van der Waals surface area contributed by atoms with Crippen LogP contribution in [0, 0.1) is 5.82 Å². The van der Waals surface area contributed by atoms with Gasteiger partial charge in [0.25, 0.3) is 5.91 Å². The van der Waals surface area contributed by atoms with Gasteiger partial charge in [-0.15, -0.1) is 0 Å². The molecule has 0 bridgehead atoms. The van der Waals surface area contributed by atoms with Crippen molar-refractivity contribution in [3.63, 3.8) is 0 Å². The Morgan fingerprint density at radius 2 is 2.06 bits per heavy atom. The van der Waals surface area contributed by atoms with Crippen LogP contribution < -0.4 is 5.32 Å². The van der Waals surface area contributed by atoms with Crippen molar-refractivity contribution in [3.05, 3.63) is 64.8 Å².